The van der Waals surface area contributed by atoms with Crippen LogP contribution in [0.1, 0.15) is 25.3 Å². The summed E-state index contributed by atoms with van der Waals surface area (Å²) in [6, 6.07) is 2.13. The molecule has 0 radical (unpaired) electrons. The lowest BCUT2D eigenvalue weighted by Gasteiger charge is -2.06. The van der Waals surface area contributed by atoms with E-state index in [0.717, 1.165) is 12.1 Å². The van der Waals surface area contributed by atoms with E-state index >= 15 is 0 Å². The van der Waals surface area contributed by atoms with Crippen LogP contribution in [-0.4, -0.2) is 24.2 Å². The van der Waals surface area contributed by atoms with E-state index < -0.39 is 17.4 Å². The Hall–Kier alpha value is -1.69. The van der Waals surface area contributed by atoms with Crippen LogP contribution < -0.4 is 5.32 Å². The molecule has 0 spiro atoms. The first-order chi connectivity index (χ1) is 9.04. The van der Waals surface area contributed by atoms with Gasteiger partial charge in [0.15, 0.2) is 17.4 Å². The summed E-state index contributed by atoms with van der Waals surface area (Å²) in [5, 5.41) is 11.9. The van der Waals surface area contributed by atoms with E-state index in [0.29, 0.717) is 31.6 Å². The highest BCUT2D eigenvalue weighted by Crippen LogP contribution is 2.21. The van der Waals surface area contributed by atoms with Crippen LogP contribution in [0.15, 0.2) is 12.1 Å². The highest BCUT2D eigenvalue weighted by Gasteiger charge is 2.09. The molecular weight excluding hydrogens is 256 g/mol. The lowest BCUT2D eigenvalue weighted by molar-refractivity contribution is -0.143. The van der Waals surface area contributed by atoms with Gasteiger partial charge in [0.25, 0.3) is 0 Å². The summed E-state index contributed by atoms with van der Waals surface area (Å²) in [5.74, 6) is -3.19. The van der Waals surface area contributed by atoms with Crippen molar-refractivity contribution < 1.29 is 23.4 Å². The van der Waals surface area contributed by atoms with Gasteiger partial charge in [0.05, 0.1) is 6.61 Å². The first kappa shape index (κ1) is 15.4. The molecule has 0 saturated heterocycles. The van der Waals surface area contributed by atoms with Crippen LogP contribution in [0.5, 0.6) is 5.75 Å². The Morgan fingerprint density at radius 3 is 2.58 bits per heavy atom. The normalized spacial score (nSPS) is 10.5. The fourth-order valence-electron chi connectivity index (χ4n) is 1.54. The molecule has 0 unspecified atom stereocenters. The van der Waals surface area contributed by atoms with E-state index in [2.05, 4.69) is 5.32 Å². The summed E-state index contributed by atoms with van der Waals surface area (Å²) < 4.78 is 30.8. The zero-order valence-corrected chi connectivity index (χ0v) is 10.7. The Balaban J connectivity index is 2.28. The third-order valence-corrected chi connectivity index (χ3v) is 2.45. The number of phenolic OH excluding ortho intramolecular Hbond substituents is 1. The maximum absolute atomic E-state index is 13.0. The lowest BCUT2D eigenvalue weighted by Crippen LogP contribution is -2.16. The summed E-state index contributed by atoms with van der Waals surface area (Å²) in [6.45, 7) is 2.89. The molecule has 6 heteroatoms. The van der Waals surface area contributed by atoms with Crippen LogP contribution in [0, 0.1) is 11.6 Å². The average Bonchev–Trinajstić information content (AvgIpc) is 2.35. The number of hydrogen-bond donors (Lipinski definition) is 2. The summed E-state index contributed by atoms with van der Waals surface area (Å²) in [5.41, 5.74) is 0.393. The summed E-state index contributed by atoms with van der Waals surface area (Å²) in [7, 11) is 0. The van der Waals surface area contributed by atoms with Crippen molar-refractivity contribution in [3.63, 3.8) is 0 Å². The zero-order chi connectivity index (χ0) is 14.3. The number of rotatable bonds is 7. The number of benzene rings is 1. The van der Waals surface area contributed by atoms with Gasteiger partial charge in [-0.15, -0.1) is 0 Å². The number of carbonyl (C=O) groups is 1. The molecule has 1 aromatic carbocycles. The first-order valence-electron chi connectivity index (χ1n) is 6.07. The highest BCUT2D eigenvalue weighted by molar-refractivity contribution is 5.69. The van der Waals surface area contributed by atoms with Crippen molar-refractivity contribution in [3.8, 4) is 5.75 Å². The standard InChI is InChI=1S/C13H17F2NO3/c1-2-19-12(17)4-3-5-16-8-9-6-10(14)13(18)11(15)7-9/h6-7,16,18H,2-5,8H2,1H3. The van der Waals surface area contributed by atoms with E-state index in [-0.39, 0.29) is 12.5 Å². The van der Waals surface area contributed by atoms with Gasteiger partial charge in [0, 0.05) is 13.0 Å². The van der Waals surface area contributed by atoms with E-state index in [1.807, 2.05) is 0 Å². The van der Waals surface area contributed by atoms with Crippen LogP contribution in [0.2, 0.25) is 0 Å². The van der Waals surface area contributed by atoms with Gasteiger partial charge in [-0.2, -0.15) is 0 Å². The Morgan fingerprint density at radius 2 is 2.00 bits per heavy atom. The molecule has 0 aliphatic carbocycles. The molecule has 0 bridgehead atoms. The molecule has 0 fully saturated rings. The quantitative estimate of drug-likeness (QED) is 0.590. The van der Waals surface area contributed by atoms with Crippen molar-refractivity contribution in [1.29, 1.82) is 0 Å². The van der Waals surface area contributed by atoms with Crippen molar-refractivity contribution in [1.82, 2.24) is 5.32 Å². The molecule has 1 aromatic rings. The van der Waals surface area contributed by atoms with Crippen LogP contribution in [0.3, 0.4) is 0 Å². The molecule has 19 heavy (non-hydrogen) atoms. The second-order valence-corrected chi connectivity index (χ2v) is 3.99. The Bertz CT molecular complexity index is 415. The van der Waals surface area contributed by atoms with Gasteiger partial charge in [0.2, 0.25) is 0 Å². The lowest BCUT2D eigenvalue weighted by atomic mass is 10.2. The van der Waals surface area contributed by atoms with E-state index in [9.17, 15) is 13.6 Å². The number of esters is 1. The fourth-order valence-corrected chi connectivity index (χ4v) is 1.54. The van der Waals surface area contributed by atoms with Crippen molar-refractivity contribution in [2.75, 3.05) is 13.2 Å². The molecule has 0 saturated carbocycles. The molecule has 0 aromatic heterocycles. The van der Waals surface area contributed by atoms with Gasteiger partial charge in [-0.1, -0.05) is 0 Å². The highest BCUT2D eigenvalue weighted by atomic mass is 19.1. The largest absolute Gasteiger partial charge is 0.503 e. The van der Waals surface area contributed by atoms with Gasteiger partial charge in [-0.3, -0.25) is 4.79 Å². The summed E-state index contributed by atoms with van der Waals surface area (Å²) in [4.78, 5) is 11.0. The number of halogens is 2. The number of aromatic hydroxyl groups is 1. The second-order valence-electron chi connectivity index (χ2n) is 3.99. The smallest absolute Gasteiger partial charge is 0.305 e. The van der Waals surface area contributed by atoms with Gasteiger partial charge < -0.3 is 15.2 Å². The van der Waals surface area contributed by atoms with E-state index in [4.69, 9.17) is 9.84 Å². The molecule has 0 aliphatic rings. The number of ether oxygens (including phenoxy) is 1. The van der Waals surface area contributed by atoms with E-state index in [1.54, 1.807) is 6.92 Å². The number of carbonyl (C=O) groups excluding carboxylic acids is 1. The molecule has 0 aliphatic heterocycles. The van der Waals surface area contributed by atoms with Gasteiger partial charge >= 0.3 is 5.97 Å². The second kappa shape index (κ2) is 7.68. The topological polar surface area (TPSA) is 58.6 Å². The van der Waals surface area contributed by atoms with Crippen molar-refractivity contribution in [2.24, 2.45) is 0 Å². The summed E-state index contributed by atoms with van der Waals surface area (Å²) >= 11 is 0. The Morgan fingerprint density at radius 1 is 1.37 bits per heavy atom. The molecule has 0 heterocycles. The molecule has 1 rings (SSSR count). The maximum atomic E-state index is 13.0. The van der Waals surface area contributed by atoms with Crippen LogP contribution in [0.25, 0.3) is 0 Å². The first-order valence-corrected chi connectivity index (χ1v) is 6.07. The minimum Gasteiger partial charge on any atom is -0.503 e. The number of nitrogens with one attached hydrogen (secondary N) is 1. The molecular formula is C13H17F2NO3. The summed E-state index contributed by atoms with van der Waals surface area (Å²) in [6.07, 6.45) is 0.890. The molecule has 4 nitrogen and oxygen atoms in total. The fraction of sp³-hybridized carbons (Fsp3) is 0.462. The molecule has 0 atom stereocenters. The zero-order valence-electron chi connectivity index (χ0n) is 10.7. The predicted molar refractivity (Wildman–Crippen MR) is 65.6 cm³/mol. The van der Waals surface area contributed by atoms with Crippen molar-refractivity contribution in [2.45, 2.75) is 26.3 Å². The van der Waals surface area contributed by atoms with E-state index in [1.165, 1.54) is 0 Å². The maximum Gasteiger partial charge on any atom is 0.305 e. The monoisotopic (exact) mass is 273 g/mol. The Kier molecular flexibility index (Phi) is 6.21. The van der Waals surface area contributed by atoms with Crippen LogP contribution in [0.4, 0.5) is 8.78 Å². The Labute approximate surface area is 110 Å². The van der Waals surface area contributed by atoms with Crippen LogP contribution in [-0.2, 0) is 16.1 Å². The third-order valence-electron chi connectivity index (χ3n) is 2.45. The SMILES string of the molecule is CCOC(=O)CCCNCc1cc(F)c(O)c(F)c1. The van der Waals surface area contributed by atoms with Crippen molar-refractivity contribution in [3.05, 3.63) is 29.3 Å². The minimum atomic E-state index is -0.983. The molecule has 0 amide bonds. The van der Waals surface area contributed by atoms with Crippen LogP contribution >= 0.6 is 0 Å². The number of phenols is 1. The van der Waals surface area contributed by atoms with Gasteiger partial charge in [-0.25, -0.2) is 8.78 Å². The van der Waals surface area contributed by atoms with Gasteiger partial charge in [0.1, 0.15) is 0 Å². The van der Waals surface area contributed by atoms with Crippen molar-refractivity contribution >= 4 is 5.97 Å². The number of hydrogen-bond acceptors (Lipinski definition) is 4. The molecule has 106 valence electrons. The minimum absolute atomic E-state index is 0.258. The predicted octanol–water partition coefficient (Wildman–Crippen LogP) is 2.10. The average molecular weight is 273 g/mol. The van der Waals surface area contributed by atoms with Gasteiger partial charge in [-0.05, 0) is 37.6 Å². The third kappa shape index (κ3) is 5.21. The molecule has 2 N–H and O–H groups in total.